The Morgan fingerprint density at radius 1 is 1.18 bits per heavy atom. The third-order valence-corrected chi connectivity index (χ3v) is 7.81. The van der Waals surface area contributed by atoms with Crippen LogP contribution in [0.3, 0.4) is 0 Å². The SMILES string of the molecule is Cc1nc(-c2ccc(CC(NC(=O)c3c(F)cc(N4CCOCC4C(F)(F)F)cc3F)C(=O)O)n3ccnc23)c(=O)n(C)c1C. The number of carbonyl (C=O) groups excluding carboxylic acids is 1. The van der Waals surface area contributed by atoms with E-state index < -0.39 is 59.6 Å². The van der Waals surface area contributed by atoms with E-state index in [0.717, 1.165) is 4.90 Å². The van der Waals surface area contributed by atoms with Gasteiger partial charge in [-0.1, -0.05) is 0 Å². The number of aliphatic carboxylic acids is 1. The van der Waals surface area contributed by atoms with Crippen LogP contribution in [0.15, 0.2) is 41.5 Å². The number of alkyl halides is 3. The summed E-state index contributed by atoms with van der Waals surface area (Å²) in [5, 5.41) is 12.0. The second kappa shape index (κ2) is 11.9. The summed E-state index contributed by atoms with van der Waals surface area (Å²) >= 11 is 0. The molecule has 3 aromatic heterocycles. The Bertz CT molecular complexity index is 1850. The molecule has 238 valence electrons. The molecular formula is C29H27F5N6O5. The molecule has 1 fully saturated rings. The number of nitrogens with one attached hydrogen (secondary N) is 1. The number of nitrogens with zero attached hydrogens (tertiary/aromatic N) is 5. The van der Waals surface area contributed by atoms with Crippen molar-refractivity contribution in [3.05, 3.63) is 81.3 Å². The number of imidazole rings is 1. The number of hydrogen-bond donors (Lipinski definition) is 2. The van der Waals surface area contributed by atoms with Gasteiger partial charge < -0.3 is 29.0 Å². The highest BCUT2D eigenvalue weighted by Crippen LogP contribution is 2.33. The summed E-state index contributed by atoms with van der Waals surface area (Å²) < 4.78 is 78.4. The number of fused-ring (bicyclic) bond motifs is 1. The van der Waals surface area contributed by atoms with Crippen LogP contribution in [0.25, 0.3) is 16.9 Å². The summed E-state index contributed by atoms with van der Waals surface area (Å²) in [7, 11) is 1.61. The van der Waals surface area contributed by atoms with Crippen LogP contribution < -0.4 is 15.8 Å². The second-order valence-corrected chi connectivity index (χ2v) is 10.5. The van der Waals surface area contributed by atoms with E-state index in [-0.39, 0.29) is 36.5 Å². The third-order valence-electron chi connectivity index (χ3n) is 7.81. The molecule has 1 aromatic carbocycles. The van der Waals surface area contributed by atoms with Gasteiger partial charge in [0.25, 0.3) is 11.5 Å². The zero-order valence-electron chi connectivity index (χ0n) is 24.2. The number of hydrogen-bond acceptors (Lipinski definition) is 7. The quantitative estimate of drug-likeness (QED) is 0.297. The average molecular weight is 635 g/mol. The van der Waals surface area contributed by atoms with Crippen LogP contribution in [0.5, 0.6) is 0 Å². The van der Waals surface area contributed by atoms with E-state index in [1.807, 2.05) is 0 Å². The highest BCUT2D eigenvalue weighted by Gasteiger charge is 2.46. The van der Waals surface area contributed by atoms with Crippen LogP contribution in [0.4, 0.5) is 27.6 Å². The maximum Gasteiger partial charge on any atom is 0.411 e. The number of carbonyl (C=O) groups is 2. The molecule has 0 aliphatic carbocycles. The third kappa shape index (κ3) is 5.96. The van der Waals surface area contributed by atoms with Gasteiger partial charge in [-0.05, 0) is 38.1 Å². The molecule has 2 atom stereocenters. The van der Waals surface area contributed by atoms with Gasteiger partial charge in [-0.15, -0.1) is 0 Å². The number of halogens is 5. The predicted molar refractivity (Wildman–Crippen MR) is 150 cm³/mol. The highest BCUT2D eigenvalue weighted by atomic mass is 19.4. The van der Waals surface area contributed by atoms with Crippen LogP contribution in [-0.4, -0.2) is 73.9 Å². The molecule has 5 rings (SSSR count). The molecule has 1 aliphatic heterocycles. The average Bonchev–Trinajstić information content (AvgIpc) is 3.47. The highest BCUT2D eigenvalue weighted by molar-refractivity contribution is 5.97. The van der Waals surface area contributed by atoms with Crippen molar-refractivity contribution in [3.63, 3.8) is 0 Å². The molecule has 4 aromatic rings. The fourth-order valence-electron chi connectivity index (χ4n) is 5.21. The number of aryl methyl sites for hydroxylation is 1. The normalized spacial score (nSPS) is 16.2. The van der Waals surface area contributed by atoms with Crippen LogP contribution >= 0.6 is 0 Å². The first-order chi connectivity index (χ1) is 21.2. The lowest BCUT2D eigenvalue weighted by Crippen LogP contribution is -2.53. The van der Waals surface area contributed by atoms with Crippen molar-refractivity contribution in [2.75, 3.05) is 24.7 Å². The van der Waals surface area contributed by atoms with Crippen molar-refractivity contribution in [2.24, 2.45) is 7.05 Å². The first-order valence-electron chi connectivity index (χ1n) is 13.6. The number of pyridine rings is 1. The Hall–Kier alpha value is -4.86. The Kier molecular flexibility index (Phi) is 8.35. The predicted octanol–water partition coefficient (Wildman–Crippen LogP) is 3.18. The molecule has 4 heterocycles. The van der Waals surface area contributed by atoms with E-state index in [2.05, 4.69) is 15.3 Å². The van der Waals surface area contributed by atoms with Gasteiger partial charge in [0.2, 0.25) is 0 Å². The molecule has 2 N–H and O–H groups in total. The summed E-state index contributed by atoms with van der Waals surface area (Å²) in [6.07, 6.45) is -2.18. The van der Waals surface area contributed by atoms with Crippen molar-refractivity contribution in [1.29, 1.82) is 0 Å². The van der Waals surface area contributed by atoms with Gasteiger partial charge in [0.15, 0.2) is 0 Å². The summed E-state index contributed by atoms with van der Waals surface area (Å²) in [5.41, 5.74) is 0.426. The number of anilines is 1. The summed E-state index contributed by atoms with van der Waals surface area (Å²) in [6, 6.07) is 0.398. The van der Waals surface area contributed by atoms with E-state index in [1.54, 1.807) is 20.9 Å². The molecule has 0 spiro atoms. The molecule has 0 saturated carbocycles. The van der Waals surface area contributed by atoms with Crippen molar-refractivity contribution in [3.8, 4) is 11.3 Å². The molecule has 16 heteroatoms. The number of carboxylic acid groups (broad SMARTS) is 1. The van der Waals surface area contributed by atoms with E-state index in [0.29, 0.717) is 34.8 Å². The summed E-state index contributed by atoms with van der Waals surface area (Å²) in [6.45, 7) is 2.35. The molecule has 0 bridgehead atoms. The maximum atomic E-state index is 15.1. The zero-order valence-corrected chi connectivity index (χ0v) is 24.2. The van der Waals surface area contributed by atoms with Crippen molar-refractivity contribution in [1.82, 2.24) is 24.3 Å². The van der Waals surface area contributed by atoms with Gasteiger partial charge in [0, 0.05) is 55.0 Å². The van der Waals surface area contributed by atoms with E-state index in [4.69, 9.17) is 4.74 Å². The van der Waals surface area contributed by atoms with Gasteiger partial charge in [-0.25, -0.2) is 23.5 Å². The lowest BCUT2D eigenvalue weighted by molar-refractivity contribution is -0.167. The molecule has 0 radical (unpaired) electrons. The summed E-state index contributed by atoms with van der Waals surface area (Å²) in [4.78, 5) is 47.5. The van der Waals surface area contributed by atoms with Crippen LogP contribution in [0.2, 0.25) is 0 Å². The lowest BCUT2D eigenvalue weighted by Gasteiger charge is -2.38. The number of benzene rings is 1. The number of rotatable bonds is 7. The fourth-order valence-corrected chi connectivity index (χ4v) is 5.21. The Morgan fingerprint density at radius 3 is 2.51 bits per heavy atom. The largest absolute Gasteiger partial charge is 0.480 e. The van der Waals surface area contributed by atoms with Crippen LogP contribution in [0.1, 0.15) is 27.4 Å². The topological polar surface area (TPSA) is 131 Å². The number of aromatic nitrogens is 4. The first kappa shape index (κ1) is 31.6. The van der Waals surface area contributed by atoms with Crippen molar-refractivity contribution >= 4 is 23.2 Å². The Morgan fingerprint density at radius 2 is 1.87 bits per heavy atom. The molecule has 11 nitrogen and oxygen atoms in total. The van der Waals surface area contributed by atoms with Gasteiger partial charge in [-0.3, -0.25) is 9.59 Å². The van der Waals surface area contributed by atoms with Gasteiger partial charge in [0.05, 0.1) is 18.9 Å². The lowest BCUT2D eigenvalue weighted by atomic mass is 10.1. The molecule has 1 amide bonds. The monoisotopic (exact) mass is 634 g/mol. The first-order valence-corrected chi connectivity index (χ1v) is 13.6. The smallest absolute Gasteiger partial charge is 0.411 e. The van der Waals surface area contributed by atoms with Gasteiger partial charge in [-0.2, -0.15) is 13.2 Å². The standard InChI is InChI=1S/C29H27F5N6O5/c1-14-15(2)38(3)27(42)24(36-14)18-5-4-16(40-7-6-35-25(18)40)12-21(28(43)44)37-26(41)23-19(30)10-17(11-20(23)31)39-8-9-45-13-22(39)29(32,33)34/h4-7,10-11,21-22H,8-9,12-13H2,1-3H3,(H,37,41)(H,43,44). The van der Waals surface area contributed by atoms with Crippen molar-refractivity contribution in [2.45, 2.75) is 38.5 Å². The zero-order chi connectivity index (χ0) is 32.8. The maximum absolute atomic E-state index is 15.1. The minimum absolute atomic E-state index is 0.110. The summed E-state index contributed by atoms with van der Waals surface area (Å²) in [5.74, 6) is -5.88. The number of ether oxygens (including phenoxy) is 1. The van der Waals surface area contributed by atoms with Crippen LogP contribution in [0, 0.1) is 25.5 Å². The van der Waals surface area contributed by atoms with Gasteiger partial charge in [0.1, 0.15) is 40.6 Å². The minimum atomic E-state index is -4.75. The fraction of sp³-hybridized carbons (Fsp3) is 0.345. The number of amides is 1. The van der Waals surface area contributed by atoms with Gasteiger partial charge >= 0.3 is 12.1 Å². The van der Waals surface area contributed by atoms with Crippen molar-refractivity contribution < 1.29 is 41.4 Å². The molecule has 1 saturated heterocycles. The van der Waals surface area contributed by atoms with Crippen LogP contribution in [-0.2, 0) is 23.0 Å². The minimum Gasteiger partial charge on any atom is -0.480 e. The molecular weight excluding hydrogens is 607 g/mol. The van der Waals surface area contributed by atoms with E-state index in [9.17, 15) is 32.7 Å². The Balaban J connectivity index is 1.42. The molecule has 2 unspecified atom stereocenters. The number of carboxylic acids is 1. The molecule has 1 aliphatic rings. The van der Waals surface area contributed by atoms with E-state index in [1.165, 1.54) is 33.5 Å². The van der Waals surface area contributed by atoms with E-state index >= 15 is 8.78 Å². The Labute approximate surface area is 251 Å². The second-order valence-electron chi connectivity index (χ2n) is 10.5. The number of morpholine rings is 1. The molecule has 45 heavy (non-hydrogen) atoms.